The van der Waals surface area contributed by atoms with E-state index in [0.29, 0.717) is 23.2 Å². The van der Waals surface area contributed by atoms with Gasteiger partial charge in [0.15, 0.2) is 17.5 Å². The summed E-state index contributed by atoms with van der Waals surface area (Å²) in [6.07, 6.45) is 1.76. The standard InChI is InChI=1S/C44H26N4O/c1-2-11-28(12-3-1)42-46-43(32-19-18-27-10-4-5-13-29(27)24-32)48-44(47-42)41-40-36-21-20-31(26-39(36)49-38(40)22-23-45-41)37-25-30-14-6-7-15-33(30)34-16-8-9-17-35(34)37/h1-26H. The average molecular weight is 627 g/mol. The lowest BCUT2D eigenvalue weighted by atomic mass is 9.93. The summed E-state index contributed by atoms with van der Waals surface area (Å²) in [5.41, 5.74) is 6.25. The van der Waals surface area contributed by atoms with Gasteiger partial charge in [0, 0.05) is 22.7 Å². The first kappa shape index (κ1) is 27.4. The minimum atomic E-state index is 0.495. The summed E-state index contributed by atoms with van der Waals surface area (Å²) < 4.78 is 6.54. The zero-order valence-electron chi connectivity index (χ0n) is 26.2. The van der Waals surface area contributed by atoms with Crippen molar-refractivity contribution in [2.24, 2.45) is 0 Å². The molecule has 0 amide bonds. The fourth-order valence-corrected chi connectivity index (χ4v) is 7.01. The number of nitrogens with zero attached hydrogens (tertiary/aromatic N) is 4. The largest absolute Gasteiger partial charge is 0.456 e. The van der Waals surface area contributed by atoms with E-state index >= 15 is 0 Å². The van der Waals surface area contributed by atoms with E-state index in [2.05, 4.69) is 103 Å². The molecule has 0 bridgehead atoms. The molecule has 0 aliphatic rings. The summed E-state index contributed by atoms with van der Waals surface area (Å²) in [5.74, 6) is 1.67. The first-order chi connectivity index (χ1) is 24.3. The Labute approximate surface area is 281 Å². The molecule has 0 N–H and O–H groups in total. The Hall–Kier alpha value is -6.72. The fourth-order valence-electron chi connectivity index (χ4n) is 7.01. The van der Waals surface area contributed by atoms with E-state index in [1.807, 2.05) is 48.5 Å². The van der Waals surface area contributed by atoms with E-state index in [0.717, 1.165) is 49.4 Å². The van der Waals surface area contributed by atoms with Crippen LogP contribution in [-0.4, -0.2) is 19.9 Å². The molecular formula is C44H26N4O. The number of hydrogen-bond acceptors (Lipinski definition) is 5. The van der Waals surface area contributed by atoms with Crippen LogP contribution >= 0.6 is 0 Å². The van der Waals surface area contributed by atoms with Gasteiger partial charge in [-0.25, -0.2) is 15.0 Å². The van der Waals surface area contributed by atoms with Gasteiger partial charge in [0.25, 0.3) is 0 Å². The lowest BCUT2D eigenvalue weighted by Crippen LogP contribution is -2.01. The predicted octanol–water partition coefficient (Wildman–Crippen LogP) is 11.3. The quantitative estimate of drug-likeness (QED) is 0.182. The van der Waals surface area contributed by atoms with Crippen LogP contribution in [0.4, 0.5) is 0 Å². The highest BCUT2D eigenvalue weighted by atomic mass is 16.3. The van der Waals surface area contributed by atoms with Gasteiger partial charge in [-0.1, -0.05) is 121 Å². The first-order valence-corrected chi connectivity index (χ1v) is 16.3. The van der Waals surface area contributed by atoms with Crippen LogP contribution in [0.3, 0.4) is 0 Å². The monoisotopic (exact) mass is 626 g/mol. The van der Waals surface area contributed by atoms with Gasteiger partial charge < -0.3 is 4.42 Å². The minimum absolute atomic E-state index is 0.495. The molecule has 0 aliphatic carbocycles. The molecule has 5 nitrogen and oxygen atoms in total. The summed E-state index contributed by atoms with van der Waals surface area (Å²) in [4.78, 5) is 19.9. The molecule has 0 radical (unpaired) electrons. The number of hydrogen-bond donors (Lipinski definition) is 0. The van der Waals surface area contributed by atoms with Crippen LogP contribution in [0, 0.1) is 0 Å². The highest BCUT2D eigenvalue weighted by molar-refractivity contribution is 6.15. The third-order valence-corrected chi connectivity index (χ3v) is 9.35. The maximum absolute atomic E-state index is 6.54. The molecule has 0 atom stereocenters. The van der Waals surface area contributed by atoms with Gasteiger partial charge in [0.1, 0.15) is 16.9 Å². The van der Waals surface area contributed by atoms with Crippen molar-refractivity contribution in [3.05, 3.63) is 158 Å². The second-order valence-electron chi connectivity index (χ2n) is 12.3. The lowest BCUT2D eigenvalue weighted by Gasteiger charge is -2.11. The van der Waals surface area contributed by atoms with Crippen molar-refractivity contribution in [3.8, 4) is 45.4 Å². The van der Waals surface area contributed by atoms with E-state index in [-0.39, 0.29) is 0 Å². The van der Waals surface area contributed by atoms with Crippen LogP contribution in [-0.2, 0) is 0 Å². The number of benzene rings is 7. The fraction of sp³-hybridized carbons (Fsp3) is 0. The summed E-state index contributed by atoms with van der Waals surface area (Å²) >= 11 is 0. The molecule has 49 heavy (non-hydrogen) atoms. The second-order valence-corrected chi connectivity index (χ2v) is 12.3. The smallest absolute Gasteiger partial charge is 0.183 e. The Balaban J connectivity index is 1.17. The van der Waals surface area contributed by atoms with Gasteiger partial charge in [-0.3, -0.25) is 4.98 Å². The van der Waals surface area contributed by atoms with Crippen molar-refractivity contribution in [2.75, 3.05) is 0 Å². The molecule has 7 aromatic carbocycles. The lowest BCUT2D eigenvalue weighted by molar-refractivity contribution is 0.668. The second kappa shape index (κ2) is 10.9. The Bertz CT molecular complexity index is 2890. The third-order valence-electron chi connectivity index (χ3n) is 9.35. The van der Waals surface area contributed by atoms with Crippen molar-refractivity contribution in [3.63, 3.8) is 0 Å². The van der Waals surface area contributed by atoms with Gasteiger partial charge in [-0.15, -0.1) is 0 Å². The van der Waals surface area contributed by atoms with Crippen LogP contribution in [0.2, 0.25) is 0 Å². The number of pyridine rings is 1. The van der Waals surface area contributed by atoms with Gasteiger partial charge in [-0.2, -0.15) is 0 Å². The topological polar surface area (TPSA) is 64.7 Å². The number of furan rings is 1. The van der Waals surface area contributed by atoms with Crippen LogP contribution < -0.4 is 0 Å². The minimum Gasteiger partial charge on any atom is -0.456 e. The van der Waals surface area contributed by atoms with Crippen molar-refractivity contribution < 1.29 is 4.42 Å². The van der Waals surface area contributed by atoms with Crippen LogP contribution in [0.25, 0.3) is 99.7 Å². The van der Waals surface area contributed by atoms with Crippen LogP contribution in [0.5, 0.6) is 0 Å². The van der Waals surface area contributed by atoms with Gasteiger partial charge in [0.2, 0.25) is 0 Å². The van der Waals surface area contributed by atoms with Crippen LogP contribution in [0.15, 0.2) is 162 Å². The molecule has 0 fully saturated rings. The molecule has 5 heteroatoms. The average Bonchev–Trinajstić information content (AvgIpc) is 3.56. The zero-order chi connectivity index (χ0) is 32.3. The SMILES string of the molecule is c1ccc(-c2nc(-c3ccc4ccccc4c3)nc(-c3nccc4oc5cc(-c6cc7ccccc7c7ccccc67)ccc5c34)n2)cc1. The maximum Gasteiger partial charge on any atom is 0.183 e. The van der Waals surface area contributed by atoms with Crippen molar-refractivity contribution >= 4 is 54.3 Å². The molecule has 3 heterocycles. The molecular weight excluding hydrogens is 601 g/mol. The molecule has 0 saturated carbocycles. The maximum atomic E-state index is 6.54. The Morgan fingerprint density at radius 1 is 0.388 bits per heavy atom. The molecule has 0 saturated heterocycles. The van der Waals surface area contributed by atoms with Gasteiger partial charge >= 0.3 is 0 Å². The third kappa shape index (κ3) is 4.55. The highest BCUT2D eigenvalue weighted by Gasteiger charge is 2.20. The summed E-state index contributed by atoms with van der Waals surface area (Å²) in [6, 6.07) is 52.4. The number of fused-ring (bicyclic) bond motifs is 7. The van der Waals surface area contributed by atoms with E-state index < -0.39 is 0 Å². The molecule has 0 aliphatic heterocycles. The van der Waals surface area contributed by atoms with Gasteiger partial charge in [-0.05, 0) is 73.8 Å². The highest BCUT2D eigenvalue weighted by Crippen LogP contribution is 2.40. The normalized spacial score (nSPS) is 11.7. The van der Waals surface area contributed by atoms with E-state index in [4.69, 9.17) is 24.4 Å². The number of rotatable bonds is 4. The van der Waals surface area contributed by atoms with Crippen molar-refractivity contribution in [1.29, 1.82) is 0 Å². The zero-order valence-corrected chi connectivity index (χ0v) is 26.2. The molecule has 228 valence electrons. The Morgan fingerprint density at radius 3 is 1.92 bits per heavy atom. The molecule has 0 unspecified atom stereocenters. The first-order valence-electron chi connectivity index (χ1n) is 16.3. The Morgan fingerprint density at radius 2 is 1.06 bits per heavy atom. The summed E-state index contributed by atoms with van der Waals surface area (Å²) in [5, 5.41) is 9.02. The summed E-state index contributed by atoms with van der Waals surface area (Å²) in [6.45, 7) is 0. The van der Waals surface area contributed by atoms with E-state index in [9.17, 15) is 0 Å². The molecule has 3 aromatic heterocycles. The van der Waals surface area contributed by atoms with Crippen molar-refractivity contribution in [2.45, 2.75) is 0 Å². The van der Waals surface area contributed by atoms with E-state index in [1.165, 1.54) is 27.1 Å². The summed E-state index contributed by atoms with van der Waals surface area (Å²) in [7, 11) is 0. The molecule has 10 aromatic rings. The molecule has 10 rings (SSSR count). The van der Waals surface area contributed by atoms with Crippen LogP contribution in [0.1, 0.15) is 0 Å². The number of aromatic nitrogens is 4. The van der Waals surface area contributed by atoms with Gasteiger partial charge in [0.05, 0.1) is 5.39 Å². The predicted molar refractivity (Wildman–Crippen MR) is 199 cm³/mol. The molecule has 0 spiro atoms. The van der Waals surface area contributed by atoms with Crippen molar-refractivity contribution in [1.82, 2.24) is 19.9 Å². The van der Waals surface area contributed by atoms with E-state index in [1.54, 1.807) is 6.20 Å². The Kier molecular flexibility index (Phi) is 6.11.